The second-order valence-corrected chi connectivity index (χ2v) is 5.01. The molecule has 0 heterocycles. The smallest absolute Gasteiger partial charge is 0.326 e. The average molecular weight is 272 g/mol. The number of carbonyl (C=O) groups is 2. The number of carbonyl (C=O) groups excluding carboxylic acids is 1. The van der Waals surface area contributed by atoms with Crippen molar-refractivity contribution >= 4 is 12.0 Å². The summed E-state index contributed by atoms with van der Waals surface area (Å²) in [6.07, 6.45) is 3.48. The molecule has 0 bridgehead atoms. The number of carboxylic acids is 1. The van der Waals surface area contributed by atoms with Crippen LogP contribution in [0.1, 0.15) is 32.6 Å². The van der Waals surface area contributed by atoms with E-state index >= 15 is 0 Å². The third-order valence-electron chi connectivity index (χ3n) is 3.16. The number of hydrogen-bond acceptors (Lipinski definition) is 3. The molecule has 2 amide bonds. The number of amides is 2. The Labute approximate surface area is 114 Å². The maximum Gasteiger partial charge on any atom is 0.326 e. The van der Waals surface area contributed by atoms with Gasteiger partial charge >= 0.3 is 12.0 Å². The van der Waals surface area contributed by atoms with Gasteiger partial charge in [0.15, 0.2) is 0 Å². The number of nitrogens with one attached hydrogen (secondary N) is 1. The second-order valence-electron chi connectivity index (χ2n) is 5.01. The molecular weight excluding hydrogens is 248 g/mol. The molecule has 1 unspecified atom stereocenters. The van der Waals surface area contributed by atoms with Crippen molar-refractivity contribution in [3.05, 3.63) is 0 Å². The van der Waals surface area contributed by atoms with Gasteiger partial charge in [0.2, 0.25) is 0 Å². The number of aliphatic carboxylic acids is 1. The standard InChI is InChI=1S/C13H24N2O4/c1-3-7-15(9-10-4-5-10)13(18)14-11(12(16)17)6-8-19-2/h10-11H,3-9H2,1-2H3,(H,14,18)(H,16,17). The molecule has 110 valence electrons. The fourth-order valence-corrected chi connectivity index (χ4v) is 1.89. The van der Waals surface area contributed by atoms with Crippen LogP contribution in [0.3, 0.4) is 0 Å². The monoisotopic (exact) mass is 272 g/mol. The highest BCUT2D eigenvalue weighted by Gasteiger charge is 2.28. The third kappa shape index (κ3) is 5.92. The van der Waals surface area contributed by atoms with Crippen molar-refractivity contribution in [3.63, 3.8) is 0 Å². The van der Waals surface area contributed by atoms with E-state index < -0.39 is 12.0 Å². The fraction of sp³-hybridized carbons (Fsp3) is 0.846. The minimum Gasteiger partial charge on any atom is -0.480 e. The first-order chi connectivity index (χ1) is 9.08. The Morgan fingerprint density at radius 2 is 2.16 bits per heavy atom. The van der Waals surface area contributed by atoms with Gasteiger partial charge in [0.1, 0.15) is 6.04 Å². The van der Waals surface area contributed by atoms with Crippen LogP contribution in [-0.4, -0.2) is 54.9 Å². The molecule has 1 fully saturated rings. The quantitative estimate of drug-likeness (QED) is 0.663. The molecule has 1 atom stereocenters. The van der Waals surface area contributed by atoms with Gasteiger partial charge in [-0.15, -0.1) is 0 Å². The van der Waals surface area contributed by atoms with Gasteiger partial charge in [-0.05, 0) is 25.2 Å². The molecular formula is C13H24N2O4. The van der Waals surface area contributed by atoms with Crippen LogP contribution in [0.2, 0.25) is 0 Å². The highest BCUT2D eigenvalue weighted by atomic mass is 16.5. The minimum atomic E-state index is -1.02. The Balaban J connectivity index is 2.48. The van der Waals surface area contributed by atoms with Gasteiger partial charge in [0.25, 0.3) is 0 Å². The van der Waals surface area contributed by atoms with Crippen molar-refractivity contribution in [1.29, 1.82) is 0 Å². The van der Waals surface area contributed by atoms with Gasteiger partial charge in [0, 0.05) is 33.2 Å². The molecule has 1 aliphatic carbocycles. The van der Waals surface area contributed by atoms with Crippen LogP contribution < -0.4 is 5.32 Å². The highest BCUT2D eigenvalue weighted by Crippen LogP contribution is 2.29. The molecule has 1 rings (SSSR count). The lowest BCUT2D eigenvalue weighted by molar-refractivity contribution is -0.139. The van der Waals surface area contributed by atoms with Crippen LogP contribution in [0.15, 0.2) is 0 Å². The largest absolute Gasteiger partial charge is 0.480 e. The van der Waals surface area contributed by atoms with E-state index in [9.17, 15) is 9.59 Å². The zero-order valence-electron chi connectivity index (χ0n) is 11.7. The molecule has 6 nitrogen and oxygen atoms in total. The Kier molecular flexibility index (Phi) is 6.62. The molecule has 0 aromatic carbocycles. The number of hydrogen-bond donors (Lipinski definition) is 2. The Bertz CT molecular complexity index is 305. The summed E-state index contributed by atoms with van der Waals surface area (Å²) < 4.78 is 4.86. The fourth-order valence-electron chi connectivity index (χ4n) is 1.89. The summed E-state index contributed by atoms with van der Waals surface area (Å²) in [7, 11) is 1.51. The van der Waals surface area contributed by atoms with Crippen LogP contribution >= 0.6 is 0 Å². The molecule has 0 aromatic heterocycles. The maximum atomic E-state index is 12.1. The number of carboxylic acid groups (broad SMARTS) is 1. The SMILES string of the molecule is CCCN(CC1CC1)C(=O)NC(CCOC)C(=O)O. The van der Waals surface area contributed by atoms with Crippen LogP contribution in [0.5, 0.6) is 0 Å². The van der Waals surface area contributed by atoms with Crippen molar-refractivity contribution in [2.45, 2.75) is 38.6 Å². The third-order valence-corrected chi connectivity index (χ3v) is 3.16. The van der Waals surface area contributed by atoms with E-state index in [4.69, 9.17) is 9.84 Å². The van der Waals surface area contributed by atoms with Crippen molar-refractivity contribution in [1.82, 2.24) is 10.2 Å². The molecule has 6 heteroatoms. The summed E-state index contributed by atoms with van der Waals surface area (Å²) in [5, 5.41) is 11.6. The number of rotatable bonds is 9. The molecule has 0 aromatic rings. The molecule has 0 saturated heterocycles. The zero-order chi connectivity index (χ0) is 14.3. The van der Waals surface area contributed by atoms with E-state index in [2.05, 4.69) is 5.32 Å². The summed E-state index contributed by atoms with van der Waals surface area (Å²) in [5.74, 6) is -0.423. The first-order valence-electron chi connectivity index (χ1n) is 6.85. The summed E-state index contributed by atoms with van der Waals surface area (Å²) in [6, 6.07) is -1.16. The second kappa shape index (κ2) is 7.99. The molecule has 19 heavy (non-hydrogen) atoms. The molecule has 1 saturated carbocycles. The minimum absolute atomic E-state index is 0.279. The Morgan fingerprint density at radius 3 is 2.63 bits per heavy atom. The summed E-state index contributed by atoms with van der Waals surface area (Å²) >= 11 is 0. The van der Waals surface area contributed by atoms with Gasteiger partial charge in [-0.1, -0.05) is 6.92 Å². The highest BCUT2D eigenvalue weighted by molar-refractivity contribution is 5.82. The molecule has 2 N–H and O–H groups in total. The normalized spacial score (nSPS) is 15.9. The summed E-state index contributed by atoms with van der Waals surface area (Å²) in [5.41, 5.74) is 0. The van der Waals surface area contributed by atoms with E-state index in [0.717, 1.165) is 13.0 Å². The summed E-state index contributed by atoms with van der Waals surface area (Å²) in [4.78, 5) is 24.9. The van der Waals surface area contributed by atoms with E-state index in [1.807, 2.05) is 6.92 Å². The predicted octanol–water partition coefficient (Wildman–Crippen LogP) is 1.31. The first kappa shape index (κ1) is 15.8. The maximum absolute atomic E-state index is 12.1. The van der Waals surface area contributed by atoms with Gasteiger partial charge in [-0.3, -0.25) is 0 Å². The van der Waals surface area contributed by atoms with Gasteiger partial charge in [0.05, 0.1) is 0 Å². The Hall–Kier alpha value is -1.30. The number of methoxy groups -OCH3 is 1. The number of urea groups is 1. The van der Waals surface area contributed by atoms with Crippen LogP contribution in [-0.2, 0) is 9.53 Å². The Morgan fingerprint density at radius 1 is 1.47 bits per heavy atom. The van der Waals surface area contributed by atoms with E-state index in [0.29, 0.717) is 19.1 Å². The molecule has 1 aliphatic rings. The van der Waals surface area contributed by atoms with Crippen LogP contribution in [0, 0.1) is 5.92 Å². The topological polar surface area (TPSA) is 78.9 Å². The van der Waals surface area contributed by atoms with E-state index in [1.165, 1.54) is 20.0 Å². The lowest BCUT2D eigenvalue weighted by Crippen LogP contribution is -2.49. The number of ether oxygens (including phenoxy) is 1. The number of nitrogens with zero attached hydrogens (tertiary/aromatic N) is 1. The molecule has 0 radical (unpaired) electrons. The average Bonchev–Trinajstić information content (AvgIpc) is 3.17. The van der Waals surface area contributed by atoms with Crippen LogP contribution in [0.25, 0.3) is 0 Å². The van der Waals surface area contributed by atoms with Gasteiger partial charge in [-0.2, -0.15) is 0 Å². The zero-order valence-corrected chi connectivity index (χ0v) is 11.7. The lowest BCUT2D eigenvalue weighted by Gasteiger charge is -2.24. The molecule has 0 aliphatic heterocycles. The van der Waals surface area contributed by atoms with Crippen molar-refractivity contribution in [3.8, 4) is 0 Å². The van der Waals surface area contributed by atoms with E-state index in [1.54, 1.807) is 4.90 Å². The van der Waals surface area contributed by atoms with Crippen molar-refractivity contribution in [2.24, 2.45) is 5.92 Å². The van der Waals surface area contributed by atoms with Crippen LogP contribution in [0.4, 0.5) is 4.79 Å². The predicted molar refractivity (Wildman–Crippen MR) is 71.0 cm³/mol. The molecule has 0 spiro atoms. The van der Waals surface area contributed by atoms with Crippen molar-refractivity contribution in [2.75, 3.05) is 26.8 Å². The van der Waals surface area contributed by atoms with Gasteiger partial charge in [-0.25, -0.2) is 9.59 Å². The first-order valence-corrected chi connectivity index (χ1v) is 6.85. The van der Waals surface area contributed by atoms with E-state index in [-0.39, 0.29) is 12.5 Å². The summed E-state index contributed by atoms with van der Waals surface area (Å²) in [6.45, 7) is 3.72. The lowest BCUT2D eigenvalue weighted by atomic mass is 10.2. The van der Waals surface area contributed by atoms with Gasteiger partial charge < -0.3 is 20.1 Å². The van der Waals surface area contributed by atoms with Crippen molar-refractivity contribution < 1.29 is 19.4 Å².